The zero-order valence-electron chi connectivity index (χ0n) is 10.9. The number of fused-ring (bicyclic) bond motifs is 1. The monoisotopic (exact) mass is 233 g/mol. The average molecular weight is 233 g/mol. The largest absolute Gasteiger partial charge is 0.388 e. The fourth-order valence-corrected chi connectivity index (χ4v) is 2.60. The standard InChI is InChI=1S/C15H23NO/c1-3-15(17,4-2)12-16-11-7-9-13-8-5-6-10-14(13)16/h5-6,8,10,17H,3-4,7,9,11-12H2,1-2H3. The molecule has 0 aromatic heterocycles. The minimum atomic E-state index is -0.537. The van der Waals surface area contributed by atoms with E-state index in [9.17, 15) is 5.11 Å². The van der Waals surface area contributed by atoms with Crippen LogP contribution in [0.1, 0.15) is 38.7 Å². The molecule has 0 atom stereocenters. The molecule has 1 aromatic rings. The minimum Gasteiger partial charge on any atom is -0.388 e. The molecule has 17 heavy (non-hydrogen) atoms. The number of anilines is 1. The Bertz CT molecular complexity index is 371. The van der Waals surface area contributed by atoms with E-state index in [1.165, 1.54) is 24.1 Å². The third-order valence-corrected chi connectivity index (χ3v) is 4.01. The summed E-state index contributed by atoms with van der Waals surface area (Å²) in [7, 11) is 0. The van der Waals surface area contributed by atoms with Crippen molar-refractivity contribution in [3.63, 3.8) is 0 Å². The molecule has 2 rings (SSSR count). The molecule has 2 heteroatoms. The molecule has 0 fully saturated rings. The van der Waals surface area contributed by atoms with Crippen molar-refractivity contribution in [1.82, 2.24) is 0 Å². The molecule has 1 aliphatic rings. The van der Waals surface area contributed by atoms with E-state index in [1.807, 2.05) is 0 Å². The molecule has 1 aromatic carbocycles. The van der Waals surface area contributed by atoms with E-state index < -0.39 is 5.60 Å². The van der Waals surface area contributed by atoms with Crippen LogP contribution < -0.4 is 4.90 Å². The van der Waals surface area contributed by atoms with Crippen LogP contribution in [-0.2, 0) is 6.42 Å². The Morgan fingerprint density at radius 1 is 1.24 bits per heavy atom. The minimum absolute atomic E-state index is 0.537. The van der Waals surface area contributed by atoms with E-state index in [0.29, 0.717) is 0 Å². The molecular formula is C15H23NO. The number of rotatable bonds is 4. The summed E-state index contributed by atoms with van der Waals surface area (Å²) in [5.74, 6) is 0. The molecule has 0 saturated heterocycles. The van der Waals surface area contributed by atoms with Crippen molar-refractivity contribution >= 4 is 5.69 Å². The lowest BCUT2D eigenvalue weighted by atomic mass is 9.94. The summed E-state index contributed by atoms with van der Waals surface area (Å²) < 4.78 is 0. The Kier molecular flexibility index (Phi) is 3.72. The van der Waals surface area contributed by atoms with Crippen molar-refractivity contribution in [3.8, 4) is 0 Å². The van der Waals surface area contributed by atoms with Crippen LogP contribution in [0.2, 0.25) is 0 Å². The molecule has 94 valence electrons. The first-order valence-electron chi connectivity index (χ1n) is 6.74. The topological polar surface area (TPSA) is 23.5 Å². The lowest BCUT2D eigenvalue weighted by molar-refractivity contribution is 0.0390. The zero-order valence-corrected chi connectivity index (χ0v) is 10.9. The van der Waals surface area contributed by atoms with Crippen LogP contribution in [0.3, 0.4) is 0 Å². The van der Waals surface area contributed by atoms with Gasteiger partial charge in [0.15, 0.2) is 0 Å². The summed E-state index contributed by atoms with van der Waals surface area (Å²) in [6.07, 6.45) is 4.01. The second-order valence-corrected chi connectivity index (χ2v) is 5.09. The van der Waals surface area contributed by atoms with Crippen LogP contribution in [0.4, 0.5) is 5.69 Å². The van der Waals surface area contributed by atoms with E-state index in [1.54, 1.807) is 0 Å². The fraction of sp³-hybridized carbons (Fsp3) is 0.600. The highest BCUT2D eigenvalue weighted by Crippen LogP contribution is 2.29. The van der Waals surface area contributed by atoms with Crippen molar-refractivity contribution in [1.29, 1.82) is 0 Å². The summed E-state index contributed by atoms with van der Waals surface area (Å²) >= 11 is 0. The molecule has 2 nitrogen and oxygen atoms in total. The molecule has 0 amide bonds. The van der Waals surface area contributed by atoms with Gasteiger partial charge in [-0.3, -0.25) is 0 Å². The van der Waals surface area contributed by atoms with E-state index >= 15 is 0 Å². The number of benzene rings is 1. The molecular weight excluding hydrogens is 210 g/mol. The van der Waals surface area contributed by atoms with Gasteiger partial charge in [0.05, 0.1) is 5.60 Å². The first-order valence-corrected chi connectivity index (χ1v) is 6.74. The number of β-amino-alcohol motifs (C(OH)–C–C–N with tert-alkyl or cyclic N) is 1. The first kappa shape index (κ1) is 12.4. The number of hydrogen-bond acceptors (Lipinski definition) is 2. The van der Waals surface area contributed by atoms with Gasteiger partial charge in [-0.15, -0.1) is 0 Å². The molecule has 1 heterocycles. The SMILES string of the molecule is CCC(O)(CC)CN1CCCc2ccccc21. The van der Waals surface area contributed by atoms with E-state index in [2.05, 4.69) is 43.0 Å². The van der Waals surface area contributed by atoms with Gasteiger partial charge in [0, 0.05) is 18.8 Å². The summed E-state index contributed by atoms with van der Waals surface area (Å²) in [6, 6.07) is 8.58. The quantitative estimate of drug-likeness (QED) is 0.864. The Hall–Kier alpha value is -1.02. The molecule has 0 bridgehead atoms. The lowest BCUT2D eigenvalue weighted by Crippen LogP contribution is -2.44. The lowest BCUT2D eigenvalue weighted by Gasteiger charge is -2.37. The van der Waals surface area contributed by atoms with E-state index in [0.717, 1.165) is 25.9 Å². The Morgan fingerprint density at radius 3 is 2.65 bits per heavy atom. The average Bonchev–Trinajstić information content (AvgIpc) is 2.39. The zero-order chi connectivity index (χ0) is 12.3. The first-order chi connectivity index (χ1) is 8.18. The van der Waals surface area contributed by atoms with Gasteiger partial charge in [-0.05, 0) is 37.3 Å². The second-order valence-electron chi connectivity index (χ2n) is 5.09. The number of aryl methyl sites for hydroxylation is 1. The predicted molar refractivity (Wildman–Crippen MR) is 72.5 cm³/mol. The molecule has 0 unspecified atom stereocenters. The summed E-state index contributed by atoms with van der Waals surface area (Å²) in [5.41, 5.74) is 2.21. The number of para-hydroxylation sites is 1. The van der Waals surface area contributed by atoms with Crippen LogP contribution in [-0.4, -0.2) is 23.8 Å². The third kappa shape index (κ3) is 2.63. The maximum Gasteiger partial charge on any atom is 0.0816 e. The number of aliphatic hydroxyl groups is 1. The van der Waals surface area contributed by atoms with Crippen molar-refractivity contribution < 1.29 is 5.11 Å². The molecule has 0 aliphatic carbocycles. The van der Waals surface area contributed by atoms with Crippen molar-refractivity contribution in [2.45, 2.75) is 45.1 Å². The Labute approximate surface area is 104 Å². The van der Waals surface area contributed by atoms with E-state index in [4.69, 9.17) is 0 Å². The van der Waals surface area contributed by atoms with Gasteiger partial charge in [-0.1, -0.05) is 32.0 Å². The third-order valence-electron chi connectivity index (χ3n) is 4.01. The van der Waals surface area contributed by atoms with Crippen molar-refractivity contribution in [2.24, 2.45) is 0 Å². The molecule has 0 spiro atoms. The van der Waals surface area contributed by atoms with Crippen LogP contribution >= 0.6 is 0 Å². The summed E-state index contributed by atoms with van der Waals surface area (Å²) in [4.78, 5) is 2.35. The number of hydrogen-bond donors (Lipinski definition) is 1. The normalized spacial score (nSPS) is 15.8. The highest BCUT2D eigenvalue weighted by molar-refractivity contribution is 5.55. The van der Waals surface area contributed by atoms with Gasteiger partial charge in [-0.25, -0.2) is 0 Å². The van der Waals surface area contributed by atoms with E-state index in [-0.39, 0.29) is 0 Å². The van der Waals surface area contributed by atoms with Gasteiger partial charge >= 0.3 is 0 Å². The highest BCUT2D eigenvalue weighted by Gasteiger charge is 2.27. The van der Waals surface area contributed by atoms with Crippen molar-refractivity contribution in [2.75, 3.05) is 18.0 Å². The molecule has 0 radical (unpaired) electrons. The highest BCUT2D eigenvalue weighted by atomic mass is 16.3. The molecule has 1 aliphatic heterocycles. The molecule has 0 saturated carbocycles. The van der Waals surface area contributed by atoms with Gasteiger partial charge in [0.2, 0.25) is 0 Å². The Balaban J connectivity index is 2.19. The van der Waals surface area contributed by atoms with Gasteiger partial charge in [-0.2, -0.15) is 0 Å². The molecule has 1 N–H and O–H groups in total. The maximum absolute atomic E-state index is 10.5. The maximum atomic E-state index is 10.5. The van der Waals surface area contributed by atoms with Crippen LogP contribution in [0.5, 0.6) is 0 Å². The van der Waals surface area contributed by atoms with Crippen LogP contribution in [0.25, 0.3) is 0 Å². The second kappa shape index (κ2) is 5.09. The van der Waals surface area contributed by atoms with Crippen molar-refractivity contribution in [3.05, 3.63) is 29.8 Å². The summed E-state index contributed by atoms with van der Waals surface area (Å²) in [5, 5.41) is 10.5. The van der Waals surface area contributed by atoms with Gasteiger partial charge < -0.3 is 10.0 Å². The van der Waals surface area contributed by atoms with Crippen LogP contribution in [0, 0.1) is 0 Å². The van der Waals surface area contributed by atoms with Crippen LogP contribution in [0.15, 0.2) is 24.3 Å². The summed E-state index contributed by atoms with van der Waals surface area (Å²) in [6.45, 7) is 5.97. The Morgan fingerprint density at radius 2 is 1.94 bits per heavy atom. The van der Waals surface area contributed by atoms with Gasteiger partial charge in [0.1, 0.15) is 0 Å². The van der Waals surface area contributed by atoms with Gasteiger partial charge in [0.25, 0.3) is 0 Å². The smallest absolute Gasteiger partial charge is 0.0816 e. The fourth-order valence-electron chi connectivity index (χ4n) is 2.60. The number of nitrogens with zero attached hydrogens (tertiary/aromatic N) is 1. The predicted octanol–water partition coefficient (Wildman–Crippen LogP) is 2.99.